The SMILES string of the molecule is O=c1cc2c(nn1CC1CN(Cc3cnn4c3CCC4)C1)CCSC2. The number of nitrogens with zero attached hydrogens (tertiary/aromatic N) is 5. The van der Waals surface area contributed by atoms with Gasteiger partial charge in [-0.25, -0.2) is 4.68 Å². The van der Waals surface area contributed by atoms with Crippen LogP contribution in [0.3, 0.4) is 0 Å². The van der Waals surface area contributed by atoms with Gasteiger partial charge in [-0.1, -0.05) is 0 Å². The predicted molar refractivity (Wildman–Crippen MR) is 97.7 cm³/mol. The Balaban J connectivity index is 1.21. The van der Waals surface area contributed by atoms with Gasteiger partial charge in [-0.2, -0.15) is 22.0 Å². The highest BCUT2D eigenvalue weighted by Gasteiger charge is 2.29. The van der Waals surface area contributed by atoms with Crippen molar-refractivity contribution in [3.8, 4) is 0 Å². The highest BCUT2D eigenvalue weighted by Crippen LogP contribution is 2.25. The third kappa shape index (κ3) is 2.93. The summed E-state index contributed by atoms with van der Waals surface area (Å²) in [5.74, 6) is 2.58. The molecule has 132 valence electrons. The molecule has 5 rings (SSSR count). The van der Waals surface area contributed by atoms with Crippen molar-refractivity contribution in [2.45, 2.75) is 44.6 Å². The molecule has 3 aliphatic rings. The van der Waals surface area contributed by atoms with Gasteiger partial charge in [0.1, 0.15) is 0 Å². The first-order chi connectivity index (χ1) is 12.3. The highest BCUT2D eigenvalue weighted by molar-refractivity contribution is 7.98. The Hall–Kier alpha value is -1.60. The Kier molecular flexibility index (Phi) is 3.93. The second kappa shape index (κ2) is 6.29. The first-order valence-corrected chi connectivity index (χ1v) is 10.4. The maximum atomic E-state index is 12.3. The zero-order valence-electron chi connectivity index (χ0n) is 14.4. The first kappa shape index (κ1) is 15.6. The fraction of sp³-hybridized carbons (Fsp3) is 0.611. The molecule has 6 nitrogen and oxygen atoms in total. The molecule has 0 aliphatic carbocycles. The Morgan fingerprint density at radius 1 is 1.28 bits per heavy atom. The zero-order chi connectivity index (χ0) is 16.8. The van der Waals surface area contributed by atoms with Crippen LogP contribution < -0.4 is 5.56 Å². The molecule has 0 saturated carbocycles. The summed E-state index contributed by atoms with van der Waals surface area (Å²) in [4.78, 5) is 14.8. The van der Waals surface area contributed by atoms with Crippen molar-refractivity contribution in [1.82, 2.24) is 24.5 Å². The number of aryl methyl sites for hydroxylation is 2. The highest BCUT2D eigenvalue weighted by atomic mass is 32.2. The van der Waals surface area contributed by atoms with Gasteiger partial charge in [0.25, 0.3) is 5.56 Å². The molecule has 0 N–H and O–H groups in total. The topological polar surface area (TPSA) is 56.0 Å². The van der Waals surface area contributed by atoms with Crippen LogP contribution in [0.15, 0.2) is 17.1 Å². The number of rotatable bonds is 4. The van der Waals surface area contributed by atoms with Gasteiger partial charge in [-0.15, -0.1) is 0 Å². The molecular weight excluding hydrogens is 334 g/mol. The molecule has 7 heteroatoms. The van der Waals surface area contributed by atoms with E-state index in [1.807, 2.05) is 18.0 Å². The maximum Gasteiger partial charge on any atom is 0.267 e. The van der Waals surface area contributed by atoms with Gasteiger partial charge < -0.3 is 0 Å². The molecule has 0 bridgehead atoms. The summed E-state index contributed by atoms with van der Waals surface area (Å²) < 4.78 is 3.86. The van der Waals surface area contributed by atoms with E-state index < -0.39 is 0 Å². The largest absolute Gasteiger partial charge is 0.298 e. The Morgan fingerprint density at radius 2 is 2.20 bits per heavy atom. The zero-order valence-corrected chi connectivity index (χ0v) is 15.2. The third-order valence-corrected chi connectivity index (χ3v) is 6.59. The van der Waals surface area contributed by atoms with E-state index in [1.165, 1.54) is 24.1 Å². The van der Waals surface area contributed by atoms with Crippen molar-refractivity contribution < 1.29 is 0 Å². The molecule has 5 heterocycles. The average Bonchev–Trinajstić information content (AvgIpc) is 3.18. The van der Waals surface area contributed by atoms with Gasteiger partial charge >= 0.3 is 0 Å². The van der Waals surface area contributed by atoms with Crippen LogP contribution in [-0.2, 0) is 38.2 Å². The van der Waals surface area contributed by atoms with Crippen LogP contribution in [0.5, 0.6) is 0 Å². The fourth-order valence-corrected chi connectivity index (χ4v) is 5.20. The number of hydrogen-bond donors (Lipinski definition) is 0. The Morgan fingerprint density at radius 3 is 3.12 bits per heavy atom. The molecule has 0 spiro atoms. The quantitative estimate of drug-likeness (QED) is 0.826. The van der Waals surface area contributed by atoms with Gasteiger partial charge in [0.15, 0.2) is 0 Å². The molecule has 0 unspecified atom stereocenters. The predicted octanol–water partition coefficient (Wildman–Crippen LogP) is 1.31. The van der Waals surface area contributed by atoms with Crippen molar-refractivity contribution >= 4 is 11.8 Å². The maximum absolute atomic E-state index is 12.3. The van der Waals surface area contributed by atoms with E-state index in [0.717, 1.165) is 61.9 Å². The van der Waals surface area contributed by atoms with Crippen molar-refractivity contribution in [1.29, 1.82) is 0 Å². The molecule has 0 atom stereocenters. The number of thioether (sulfide) groups is 1. The van der Waals surface area contributed by atoms with Crippen LogP contribution in [0.25, 0.3) is 0 Å². The standard InChI is InChI=1S/C18H23N5OS/c24-18-6-14-12-25-5-3-16(14)20-23(18)10-13-8-21(9-13)11-15-7-19-22-4-1-2-17(15)22/h6-7,13H,1-5,8-12H2. The van der Waals surface area contributed by atoms with Crippen molar-refractivity contribution in [2.75, 3.05) is 18.8 Å². The minimum Gasteiger partial charge on any atom is -0.298 e. The van der Waals surface area contributed by atoms with E-state index in [9.17, 15) is 4.79 Å². The van der Waals surface area contributed by atoms with E-state index >= 15 is 0 Å². The van der Waals surface area contributed by atoms with Crippen LogP contribution in [0.4, 0.5) is 0 Å². The van der Waals surface area contributed by atoms with Crippen LogP contribution in [-0.4, -0.2) is 43.3 Å². The van der Waals surface area contributed by atoms with E-state index in [1.54, 1.807) is 10.7 Å². The number of likely N-dealkylation sites (tertiary alicyclic amines) is 1. The molecule has 0 radical (unpaired) electrons. The van der Waals surface area contributed by atoms with Crippen LogP contribution >= 0.6 is 11.8 Å². The first-order valence-electron chi connectivity index (χ1n) is 9.20. The Bertz CT molecular complexity index is 852. The summed E-state index contributed by atoms with van der Waals surface area (Å²) in [6, 6.07) is 1.81. The van der Waals surface area contributed by atoms with Crippen LogP contribution in [0, 0.1) is 5.92 Å². The van der Waals surface area contributed by atoms with Crippen molar-refractivity contribution in [3.63, 3.8) is 0 Å². The lowest BCUT2D eigenvalue weighted by Gasteiger charge is -2.39. The van der Waals surface area contributed by atoms with Crippen molar-refractivity contribution in [3.05, 3.63) is 45.1 Å². The van der Waals surface area contributed by atoms with E-state index in [0.29, 0.717) is 5.92 Å². The van der Waals surface area contributed by atoms with E-state index in [-0.39, 0.29) is 5.56 Å². The normalized spacial score (nSPS) is 20.3. The summed E-state index contributed by atoms with van der Waals surface area (Å²) in [7, 11) is 0. The minimum absolute atomic E-state index is 0.0640. The molecule has 0 amide bonds. The smallest absolute Gasteiger partial charge is 0.267 e. The van der Waals surface area contributed by atoms with Crippen molar-refractivity contribution in [2.24, 2.45) is 5.92 Å². The monoisotopic (exact) mass is 357 g/mol. The average molecular weight is 357 g/mol. The summed E-state index contributed by atoms with van der Waals surface area (Å²) in [5.41, 5.74) is 5.15. The molecule has 25 heavy (non-hydrogen) atoms. The number of fused-ring (bicyclic) bond motifs is 2. The minimum atomic E-state index is 0.0640. The molecule has 1 fully saturated rings. The molecule has 3 aliphatic heterocycles. The molecule has 2 aromatic rings. The second-order valence-corrected chi connectivity index (χ2v) is 8.55. The fourth-order valence-electron chi connectivity index (χ4n) is 4.25. The Labute approximate surface area is 151 Å². The lowest BCUT2D eigenvalue weighted by Crippen LogP contribution is -2.49. The molecular formula is C18H23N5OS. The lowest BCUT2D eigenvalue weighted by atomic mass is 9.99. The van der Waals surface area contributed by atoms with Gasteiger partial charge in [0.2, 0.25) is 0 Å². The summed E-state index contributed by atoms with van der Waals surface area (Å²) in [6.07, 6.45) is 5.42. The molecule has 0 aromatic carbocycles. The van der Waals surface area contributed by atoms with Crippen LogP contribution in [0.2, 0.25) is 0 Å². The summed E-state index contributed by atoms with van der Waals surface area (Å²) >= 11 is 1.89. The summed E-state index contributed by atoms with van der Waals surface area (Å²) in [5, 5.41) is 9.12. The van der Waals surface area contributed by atoms with Gasteiger partial charge in [-0.05, 0) is 24.2 Å². The van der Waals surface area contributed by atoms with Gasteiger partial charge in [-0.3, -0.25) is 14.4 Å². The lowest BCUT2D eigenvalue weighted by molar-refractivity contribution is 0.0762. The molecule has 2 aromatic heterocycles. The van der Waals surface area contributed by atoms with Gasteiger partial charge in [0, 0.05) is 61.6 Å². The summed E-state index contributed by atoms with van der Waals surface area (Å²) in [6.45, 7) is 4.91. The van der Waals surface area contributed by atoms with E-state index in [2.05, 4.69) is 19.8 Å². The van der Waals surface area contributed by atoms with E-state index in [4.69, 9.17) is 0 Å². The second-order valence-electron chi connectivity index (χ2n) is 7.44. The number of hydrogen-bond acceptors (Lipinski definition) is 5. The number of aromatic nitrogens is 4. The van der Waals surface area contributed by atoms with Gasteiger partial charge in [0.05, 0.1) is 18.4 Å². The van der Waals surface area contributed by atoms with Crippen LogP contribution in [0.1, 0.15) is 28.9 Å². The third-order valence-electron chi connectivity index (χ3n) is 5.58. The molecule has 1 saturated heterocycles.